The van der Waals surface area contributed by atoms with Crippen LogP contribution in [0, 0.1) is 6.92 Å². The molecule has 0 bridgehead atoms. The second kappa shape index (κ2) is 5.07. The zero-order valence-electron chi connectivity index (χ0n) is 11.4. The summed E-state index contributed by atoms with van der Waals surface area (Å²) in [5.74, 6) is 0.177. The highest BCUT2D eigenvalue weighted by molar-refractivity contribution is 6.31. The normalized spacial score (nSPS) is 19.2. The summed E-state index contributed by atoms with van der Waals surface area (Å²) in [6.45, 7) is 1.69. The number of fused-ring (bicyclic) bond motifs is 1. The average Bonchev–Trinajstić information content (AvgIpc) is 2.40. The van der Waals surface area contributed by atoms with Gasteiger partial charge in [-0.2, -0.15) is 0 Å². The molecule has 0 saturated heterocycles. The molecule has 1 aliphatic rings. The first-order chi connectivity index (χ1) is 9.97. The van der Waals surface area contributed by atoms with Crippen LogP contribution in [-0.2, 0) is 9.59 Å². The maximum atomic E-state index is 12.6. The standard InChI is InChI=1S/C15H13ClN2O3/c1-8-17-12-6-9(16)2-4-11(12)15(21)18(8)13-5-3-10(19)7-14(13)20/h2,4,6,13H,3,5,7H2,1H3. The number of hydrogen-bond acceptors (Lipinski definition) is 4. The van der Waals surface area contributed by atoms with Crippen molar-refractivity contribution in [3.05, 3.63) is 39.4 Å². The maximum Gasteiger partial charge on any atom is 0.262 e. The Hall–Kier alpha value is -2.01. The molecule has 2 aromatic rings. The fourth-order valence-corrected chi connectivity index (χ4v) is 2.95. The summed E-state index contributed by atoms with van der Waals surface area (Å²) in [5.41, 5.74) is 0.252. The van der Waals surface area contributed by atoms with E-state index in [1.54, 1.807) is 25.1 Å². The fraction of sp³-hybridized carbons (Fsp3) is 0.333. The quantitative estimate of drug-likeness (QED) is 0.758. The van der Waals surface area contributed by atoms with Crippen LogP contribution >= 0.6 is 11.6 Å². The minimum absolute atomic E-state index is 0.0671. The van der Waals surface area contributed by atoms with Gasteiger partial charge in [-0.1, -0.05) is 11.6 Å². The largest absolute Gasteiger partial charge is 0.299 e. The molecule has 1 fully saturated rings. The van der Waals surface area contributed by atoms with E-state index in [0.29, 0.717) is 34.6 Å². The van der Waals surface area contributed by atoms with Crippen molar-refractivity contribution in [2.45, 2.75) is 32.2 Å². The summed E-state index contributed by atoms with van der Waals surface area (Å²) in [5, 5.41) is 0.931. The van der Waals surface area contributed by atoms with Gasteiger partial charge >= 0.3 is 0 Å². The lowest BCUT2D eigenvalue weighted by molar-refractivity contribution is -0.132. The van der Waals surface area contributed by atoms with Crippen LogP contribution < -0.4 is 5.56 Å². The summed E-state index contributed by atoms with van der Waals surface area (Å²) in [6.07, 6.45) is 0.579. The van der Waals surface area contributed by atoms with Crippen molar-refractivity contribution >= 4 is 34.1 Å². The van der Waals surface area contributed by atoms with Gasteiger partial charge in [-0.05, 0) is 31.5 Å². The Morgan fingerprint density at radius 2 is 2.05 bits per heavy atom. The van der Waals surface area contributed by atoms with E-state index in [0.717, 1.165) is 0 Å². The number of hydrogen-bond donors (Lipinski definition) is 0. The summed E-state index contributed by atoms with van der Waals surface area (Å²) in [4.78, 5) is 40.4. The predicted octanol–water partition coefficient (Wildman–Crippen LogP) is 2.22. The molecule has 6 heteroatoms. The van der Waals surface area contributed by atoms with Crippen LogP contribution in [0.15, 0.2) is 23.0 Å². The Kier molecular flexibility index (Phi) is 3.37. The zero-order chi connectivity index (χ0) is 15.1. The van der Waals surface area contributed by atoms with Crippen molar-refractivity contribution in [3.63, 3.8) is 0 Å². The predicted molar refractivity (Wildman–Crippen MR) is 78.7 cm³/mol. The monoisotopic (exact) mass is 304 g/mol. The minimum Gasteiger partial charge on any atom is -0.299 e. The molecule has 1 unspecified atom stereocenters. The number of carbonyl (C=O) groups excluding carboxylic acids is 2. The highest BCUT2D eigenvalue weighted by atomic mass is 35.5. The maximum absolute atomic E-state index is 12.6. The zero-order valence-corrected chi connectivity index (χ0v) is 12.2. The highest BCUT2D eigenvalue weighted by Gasteiger charge is 2.30. The first-order valence-electron chi connectivity index (χ1n) is 6.70. The molecule has 1 aromatic heterocycles. The van der Waals surface area contributed by atoms with Crippen molar-refractivity contribution in [2.24, 2.45) is 0 Å². The lowest BCUT2D eigenvalue weighted by atomic mass is 9.92. The third-order valence-corrected chi connectivity index (χ3v) is 4.03. The molecule has 0 aliphatic heterocycles. The molecule has 21 heavy (non-hydrogen) atoms. The molecular weight excluding hydrogens is 292 g/mol. The van der Waals surface area contributed by atoms with Gasteiger partial charge in [0.1, 0.15) is 11.6 Å². The first kappa shape index (κ1) is 13.9. The Balaban J connectivity index is 2.19. The van der Waals surface area contributed by atoms with Gasteiger partial charge in [-0.25, -0.2) is 4.98 Å². The number of ketones is 2. The van der Waals surface area contributed by atoms with Crippen LogP contribution in [0.3, 0.4) is 0 Å². The topological polar surface area (TPSA) is 69.0 Å². The van der Waals surface area contributed by atoms with Gasteiger partial charge in [0.15, 0.2) is 5.78 Å². The van der Waals surface area contributed by atoms with E-state index in [1.165, 1.54) is 4.57 Å². The van der Waals surface area contributed by atoms with Crippen LogP contribution in [0.4, 0.5) is 0 Å². The number of nitrogens with zero attached hydrogens (tertiary/aromatic N) is 2. The number of rotatable bonds is 1. The number of aromatic nitrogens is 2. The molecule has 1 aromatic carbocycles. The molecule has 1 saturated carbocycles. The van der Waals surface area contributed by atoms with E-state index in [-0.39, 0.29) is 23.5 Å². The molecule has 1 atom stereocenters. The SMILES string of the molecule is Cc1nc2cc(Cl)ccc2c(=O)n1C1CCC(=O)CC1=O. The van der Waals surface area contributed by atoms with Crippen molar-refractivity contribution in [2.75, 3.05) is 0 Å². The van der Waals surface area contributed by atoms with E-state index in [4.69, 9.17) is 11.6 Å². The van der Waals surface area contributed by atoms with E-state index in [2.05, 4.69) is 4.98 Å². The third kappa shape index (κ3) is 2.38. The molecule has 3 rings (SSSR count). The molecule has 5 nitrogen and oxygen atoms in total. The fourth-order valence-electron chi connectivity index (χ4n) is 2.78. The second-order valence-corrected chi connectivity index (χ2v) is 5.67. The van der Waals surface area contributed by atoms with Crippen LogP contribution in [0.25, 0.3) is 10.9 Å². The lowest BCUT2D eigenvalue weighted by Crippen LogP contribution is -2.36. The van der Waals surface area contributed by atoms with Crippen molar-refractivity contribution in [3.8, 4) is 0 Å². The van der Waals surface area contributed by atoms with Gasteiger partial charge in [0.25, 0.3) is 5.56 Å². The molecule has 1 heterocycles. The van der Waals surface area contributed by atoms with Crippen LogP contribution in [0.1, 0.15) is 31.1 Å². The molecule has 0 radical (unpaired) electrons. The van der Waals surface area contributed by atoms with E-state index in [9.17, 15) is 14.4 Å². The number of benzene rings is 1. The minimum atomic E-state index is -0.595. The number of Topliss-reactive ketones (excluding diaryl/α,β-unsaturated/α-hetero) is 2. The molecule has 0 amide bonds. The van der Waals surface area contributed by atoms with Crippen molar-refractivity contribution < 1.29 is 9.59 Å². The second-order valence-electron chi connectivity index (χ2n) is 5.23. The molecule has 0 spiro atoms. The Labute approximate surface area is 125 Å². The van der Waals surface area contributed by atoms with Gasteiger partial charge < -0.3 is 0 Å². The third-order valence-electron chi connectivity index (χ3n) is 3.79. The lowest BCUT2D eigenvalue weighted by Gasteiger charge is -2.23. The van der Waals surface area contributed by atoms with Crippen LogP contribution in [-0.4, -0.2) is 21.1 Å². The van der Waals surface area contributed by atoms with Gasteiger partial charge in [0.2, 0.25) is 0 Å². The number of aryl methyl sites for hydroxylation is 1. The van der Waals surface area contributed by atoms with Gasteiger partial charge in [-0.3, -0.25) is 19.0 Å². The molecular formula is C15H13ClN2O3. The van der Waals surface area contributed by atoms with Crippen LogP contribution in [0.2, 0.25) is 5.02 Å². The van der Waals surface area contributed by atoms with Crippen molar-refractivity contribution in [1.29, 1.82) is 0 Å². The number of halogens is 1. The summed E-state index contributed by atoms with van der Waals surface area (Å²) >= 11 is 5.91. The van der Waals surface area contributed by atoms with Crippen molar-refractivity contribution in [1.82, 2.24) is 9.55 Å². The van der Waals surface area contributed by atoms with Crippen LogP contribution in [0.5, 0.6) is 0 Å². The summed E-state index contributed by atoms with van der Waals surface area (Å²) in [7, 11) is 0. The highest BCUT2D eigenvalue weighted by Crippen LogP contribution is 2.24. The Bertz CT molecular complexity index is 826. The Morgan fingerprint density at radius 3 is 2.76 bits per heavy atom. The van der Waals surface area contributed by atoms with E-state index in [1.807, 2.05) is 0 Å². The Morgan fingerprint density at radius 1 is 1.29 bits per heavy atom. The van der Waals surface area contributed by atoms with E-state index >= 15 is 0 Å². The van der Waals surface area contributed by atoms with E-state index < -0.39 is 6.04 Å². The van der Waals surface area contributed by atoms with Gasteiger partial charge in [-0.15, -0.1) is 0 Å². The smallest absolute Gasteiger partial charge is 0.262 e. The van der Waals surface area contributed by atoms with Gasteiger partial charge in [0, 0.05) is 11.4 Å². The molecule has 1 aliphatic carbocycles. The summed E-state index contributed by atoms with van der Waals surface area (Å²) < 4.78 is 1.41. The molecule has 108 valence electrons. The average molecular weight is 305 g/mol. The first-order valence-corrected chi connectivity index (χ1v) is 7.08. The summed E-state index contributed by atoms with van der Waals surface area (Å²) in [6, 6.07) is 4.27. The molecule has 0 N–H and O–H groups in total. The van der Waals surface area contributed by atoms with Gasteiger partial charge in [0.05, 0.1) is 23.4 Å². The number of carbonyl (C=O) groups is 2.